The van der Waals surface area contributed by atoms with Gasteiger partial charge in [0, 0.05) is 25.8 Å². The minimum absolute atomic E-state index is 0.00229. The molecule has 0 radical (unpaired) electrons. The molecule has 0 atom stereocenters. The topological polar surface area (TPSA) is 49.6 Å². The molecule has 1 aliphatic rings. The quantitative estimate of drug-likeness (QED) is 0.712. The fourth-order valence-electron chi connectivity index (χ4n) is 1.74. The summed E-state index contributed by atoms with van der Waals surface area (Å²) in [6.07, 6.45) is 0. The van der Waals surface area contributed by atoms with Gasteiger partial charge in [0.2, 0.25) is 5.91 Å². The molecule has 86 valence electrons. The Kier molecular flexibility index (Phi) is 2.68. The van der Waals surface area contributed by atoms with Crippen molar-refractivity contribution in [1.29, 1.82) is 0 Å². The van der Waals surface area contributed by atoms with E-state index < -0.39 is 0 Å². The number of piperazine rings is 1. The first kappa shape index (κ1) is 10.7. The molecule has 1 aromatic carbocycles. The number of nitrogens with zero attached hydrogens (tertiary/aromatic N) is 2. The maximum absolute atomic E-state index is 13.6. The largest absolute Gasteiger partial charge is 0.399 e. The van der Waals surface area contributed by atoms with Crippen molar-refractivity contribution in [2.45, 2.75) is 0 Å². The lowest BCUT2D eigenvalue weighted by Crippen LogP contribution is -2.48. The smallest absolute Gasteiger partial charge is 0.241 e. The molecule has 0 spiro atoms. The number of halogens is 1. The third-order valence-electron chi connectivity index (χ3n) is 2.77. The zero-order valence-electron chi connectivity index (χ0n) is 9.11. The number of amides is 1. The maximum atomic E-state index is 13.6. The van der Waals surface area contributed by atoms with Crippen LogP contribution in [0, 0.1) is 5.82 Å². The molecule has 1 amide bonds. The lowest BCUT2D eigenvalue weighted by molar-refractivity contribution is -0.129. The summed E-state index contributed by atoms with van der Waals surface area (Å²) in [5.74, 6) is -0.375. The van der Waals surface area contributed by atoms with E-state index in [1.807, 2.05) is 0 Å². The van der Waals surface area contributed by atoms with Gasteiger partial charge in [-0.15, -0.1) is 0 Å². The first-order valence-electron chi connectivity index (χ1n) is 5.12. The highest BCUT2D eigenvalue weighted by Gasteiger charge is 2.22. The van der Waals surface area contributed by atoms with Gasteiger partial charge in [-0.1, -0.05) is 0 Å². The highest BCUT2D eigenvalue weighted by molar-refractivity contribution is 5.82. The lowest BCUT2D eigenvalue weighted by Gasteiger charge is -2.33. The van der Waals surface area contributed by atoms with E-state index in [0.29, 0.717) is 24.5 Å². The van der Waals surface area contributed by atoms with Crippen LogP contribution in [0.4, 0.5) is 15.8 Å². The Hall–Kier alpha value is -1.78. The number of anilines is 2. The molecule has 5 heteroatoms. The lowest BCUT2D eigenvalue weighted by atomic mass is 10.2. The van der Waals surface area contributed by atoms with Crippen LogP contribution < -0.4 is 10.6 Å². The van der Waals surface area contributed by atoms with Crippen LogP contribution in [0.25, 0.3) is 0 Å². The van der Waals surface area contributed by atoms with E-state index in [4.69, 9.17) is 5.73 Å². The van der Waals surface area contributed by atoms with Crippen LogP contribution >= 0.6 is 0 Å². The van der Waals surface area contributed by atoms with Crippen LogP contribution in [0.1, 0.15) is 0 Å². The van der Waals surface area contributed by atoms with Crippen LogP contribution in [0.2, 0.25) is 0 Å². The van der Waals surface area contributed by atoms with Gasteiger partial charge in [0.25, 0.3) is 0 Å². The number of carbonyl (C=O) groups excluding carboxylic acids is 1. The molecule has 2 N–H and O–H groups in total. The Bertz CT molecular complexity index is 422. The molecular weight excluding hydrogens is 209 g/mol. The van der Waals surface area contributed by atoms with Crippen LogP contribution in [0.5, 0.6) is 0 Å². The van der Waals surface area contributed by atoms with Crippen molar-refractivity contribution in [3.05, 3.63) is 24.0 Å². The number of benzene rings is 1. The molecule has 4 nitrogen and oxygen atoms in total. The van der Waals surface area contributed by atoms with E-state index in [1.165, 1.54) is 6.07 Å². The minimum atomic E-state index is -0.377. The summed E-state index contributed by atoms with van der Waals surface area (Å²) in [6.45, 7) is 1.48. The number of rotatable bonds is 1. The summed E-state index contributed by atoms with van der Waals surface area (Å²) >= 11 is 0. The van der Waals surface area contributed by atoms with Gasteiger partial charge < -0.3 is 15.5 Å². The molecule has 2 rings (SSSR count). The summed E-state index contributed by atoms with van der Waals surface area (Å²) in [5, 5.41) is 0. The number of hydrogen-bond donors (Lipinski definition) is 1. The van der Waals surface area contributed by atoms with Gasteiger partial charge in [-0.05, 0) is 18.2 Å². The minimum Gasteiger partial charge on any atom is -0.399 e. The third-order valence-corrected chi connectivity index (χ3v) is 2.77. The van der Waals surface area contributed by atoms with Gasteiger partial charge in [0.05, 0.1) is 12.2 Å². The van der Waals surface area contributed by atoms with Crippen LogP contribution in [-0.4, -0.2) is 37.5 Å². The van der Waals surface area contributed by atoms with Gasteiger partial charge in [0.1, 0.15) is 5.82 Å². The number of nitrogens with two attached hydrogens (primary N) is 1. The monoisotopic (exact) mass is 223 g/mol. The van der Waals surface area contributed by atoms with Gasteiger partial charge in [-0.2, -0.15) is 0 Å². The molecule has 1 saturated heterocycles. The normalized spacial score (nSPS) is 16.8. The first-order valence-corrected chi connectivity index (χ1v) is 5.12. The second-order valence-corrected chi connectivity index (χ2v) is 3.95. The van der Waals surface area contributed by atoms with Crippen molar-refractivity contribution < 1.29 is 9.18 Å². The first-order chi connectivity index (χ1) is 7.58. The van der Waals surface area contributed by atoms with Crippen molar-refractivity contribution in [2.75, 3.05) is 37.3 Å². The molecule has 0 unspecified atom stereocenters. The molecule has 1 heterocycles. The fourth-order valence-corrected chi connectivity index (χ4v) is 1.74. The highest BCUT2D eigenvalue weighted by atomic mass is 19.1. The second-order valence-electron chi connectivity index (χ2n) is 3.95. The number of nitrogen functional groups attached to an aromatic ring is 1. The molecule has 0 bridgehead atoms. The van der Waals surface area contributed by atoms with Gasteiger partial charge in [0.15, 0.2) is 0 Å². The Balaban J connectivity index is 2.22. The van der Waals surface area contributed by atoms with E-state index in [2.05, 4.69) is 0 Å². The predicted molar refractivity (Wildman–Crippen MR) is 60.7 cm³/mol. The highest BCUT2D eigenvalue weighted by Crippen LogP contribution is 2.22. The average Bonchev–Trinajstić information content (AvgIpc) is 2.22. The Morgan fingerprint density at radius 2 is 2.12 bits per heavy atom. The zero-order valence-corrected chi connectivity index (χ0v) is 9.11. The van der Waals surface area contributed by atoms with E-state index >= 15 is 0 Å². The number of likely N-dealkylation sites (N-methyl/N-ethyl adjacent to an activating group) is 1. The van der Waals surface area contributed by atoms with Crippen molar-refractivity contribution in [2.24, 2.45) is 0 Å². The van der Waals surface area contributed by atoms with E-state index in [1.54, 1.807) is 29.0 Å². The summed E-state index contributed by atoms with van der Waals surface area (Å²) in [5.41, 5.74) is 6.30. The predicted octanol–water partition coefficient (Wildman–Crippen LogP) is 0.686. The molecule has 1 fully saturated rings. The Morgan fingerprint density at radius 1 is 1.38 bits per heavy atom. The van der Waals surface area contributed by atoms with Crippen molar-refractivity contribution in [3.8, 4) is 0 Å². The van der Waals surface area contributed by atoms with Crippen molar-refractivity contribution >= 4 is 17.3 Å². The number of hydrogen-bond acceptors (Lipinski definition) is 3. The SMILES string of the molecule is CN1CCN(c2ccc(N)cc2F)CC1=O. The van der Waals surface area contributed by atoms with Gasteiger partial charge in [-0.25, -0.2) is 4.39 Å². The van der Waals surface area contributed by atoms with Gasteiger partial charge >= 0.3 is 0 Å². The summed E-state index contributed by atoms with van der Waals surface area (Å²) in [4.78, 5) is 14.9. The molecule has 0 saturated carbocycles. The van der Waals surface area contributed by atoms with Crippen molar-refractivity contribution in [3.63, 3.8) is 0 Å². The van der Waals surface area contributed by atoms with E-state index in [0.717, 1.165) is 0 Å². The van der Waals surface area contributed by atoms with Gasteiger partial charge in [-0.3, -0.25) is 4.79 Å². The van der Waals surface area contributed by atoms with Crippen LogP contribution in [0.3, 0.4) is 0 Å². The summed E-state index contributed by atoms with van der Waals surface area (Å²) in [7, 11) is 1.75. The standard InChI is InChI=1S/C11H14FN3O/c1-14-4-5-15(7-11(14)16)10-3-2-8(13)6-9(10)12/h2-3,6H,4-5,7,13H2,1H3. The second kappa shape index (κ2) is 4.00. The fraction of sp³-hybridized carbons (Fsp3) is 0.364. The van der Waals surface area contributed by atoms with Crippen molar-refractivity contribution in [1.82, 2.24) is 4.90 Å². The molecule has 1 aromatic rings. The summed E-state index contributed by atoms with van der Waals surface area (Å²) < 4.78 is 13.6. The molecule has 0 aromatic heterocycles. The molecule has 1 aliphatic heterocycles. The summed E-state index contributed by atoms with van der Waals surface area (Å²) in [6, 6.07) is 4.53. The van der Waals surface area contributed by atoms with Crippen LogP contribution in [-0.2, 0) is 4.79 Å². The van der Waals surface area contributed by atoms with E-state index in [9.17, 15) is 9.18 Å². The zero-order chi connectivity index (χ0) is 11.7. The Morgan fingerprint density at radius 3 is 2.75 bits per heavy atom. The maximum Gasteiger partial charge on any atom is 0.241 e. The average molecular weight is 223 g/mol. The van der Waals surface area contributed by atoms with Crippen LogP contribution in [0.15, 0.2) is 18.2 Å². The molecule has 0 aliphatic carbocycles. The Labute approximate surface area is 93.4 Å². The molecule has 16 heavy (non-hydrogen) atoms. The van der Waals surface area contributed by atoms with E-state index in [-0.39, 0.29) is 18.3 Å². The third kappa shape index (κ3) is 1.93. The number of carbonyl (C=O) groups is 1. The molecular formula is C11H14FN3O.